The molecule has 1 heterocycles. The van der Waals surface area contributed by atoms with E-state index >= 15 is 0 Å². The predicted molar refractivity (Wildman–Crippen MR) is 78.1 cm³/mol. The molecule has 21 heavy (non-hydrogen) atoms. The number of likely N-dealkylation sites (tertiary alicyclic amines) is 1. The van der Waals surface area contributed by atoms with Gasteiger partial charge in [-0.05, 0) is 24.5 Å². The maximum atomic E-state index is 12.0. The number of hydrogen-bond donors (Lipinski definition) is 0. The summed E-state index contributed by atoms with van der Waals surface area (Å²) in [6.45, 7) is 3.42. The molecule has 0 radical (unpaired) electrons. The number of benzene rings is 1. The molecule has 1 aliphatic rings. The van der Waals surface area contributed by atoms with Crippen molar-refractivity contribution in [1.82, 2.24) is 4.90 Å². The van der Waals surface area contributed by atoms with Gasteiger partial charge >= 0.3 is 5.97 Å². The highest BCUT2D eigenvalue weighted by Gasteiger charge is 2.24. The van der Waals surface area contributed by atoms with Crippen molar-refractivity contribution in [3.8, 4) is 5.75 Å². The van der Waals surface area contributed by atoms with Crippen molar-refractivity contribution in [2.24, 2.45) is 5.92 Å². The molecule has 1 aromatic carbocycles. The van der Waals surface area contributed by atoms with Crippen LogP contribution in [-0.2, 0) is 16.1 Å². The summed E-state index contributed by atoms with van der Waals surface area (Å²) >= 11 is 0. The van der Waals surface area contributed by atoms with E-state index in [9.17, 15) is 9.59 Å². The third kappa shape index (κ3) is 3.54. The molecule has 1 amide bonds. The van der Waals surface area contributed by atoms with E-state index < -0.39 is 5.97 Å². The Labute approximate surface area is 124 Å². The van der Waals surface area contributed by atoms with E-state index in [1.165, 1.54) is 7.11 Å². The number of esters is 1. The number of nitrogens with zero attached hydrogens (tertiary/aromatic N) is 1. The van der Waals surface area contributed by atoms with E-state index in [0.29, 0.717) is 30.2 Å². The van der Waals surface area contributed by atoms with Crippen LogP contribution < -0.4 is 4.74 Å². The average Bonchev–Trinajstić information content (AvgIpc) is 2.50. The maximum Gasteiger partial charge on any atom is 0.337 e. The van der Waals surface area contributed by atoms with Crippen LogP contribution in [0.5, 0.6) is 5.75 Å². The highest BCUT2D eigenvalue weighted by Crippen LogP contribution is 2.25. The number of hydrogen-bond acceptors (Lipinski definition) is 4. The number of ether oxygens (including phenoxy) is 2. The number of methoxy groups -OCH3 is 2. The zero-order valence-electron chi connectivity index (χ0n) is 12.7. The summed E-state index contributed by atoms with van der Waals surface area (Å²) < 4.78 is 10.0. The van der Waals surface area contributed by atoms with Gasteiger partial charge < -0.3 is 14.4 Å². The highest BCUT2D eigenvalue weighted by molar-refractivity contribution is 5.90. The van der Waals surface area contributed by atoms with E-state index in [1.54, 1.807) is 19.2 Å². The molecule has 0 aliphatic carbocycles. The van der Waals surface area contributed by atoms with E-state index in [-0.39, 0.29) is 5.91 Å². The molecule has 1 fully saturated rings. The number of amides is 1. The summed E-state index contributed by atoms with van der Waals surface area (Å²) in [7, 11) is 2.90. The van der Waals surface area contributed by atoms with Crippen LogP contribution in [-0.4, -0.2) is 37.5 Å². The molecule has 2 rings (SSSR count). The van der Waals surface area contributed by atoms with Crippen molar-refractivity contribution in [1.29, 1.82) is 0 Å². The Morgan fingerprint density at radius 3 is 2.81 bits per heavy atom. The smallest absolute Gasteiger partial charge is 0.337 e. The van der Waals surface area contributed by atoms with Crippen LogP contribution in [0.4, 0.5) is 0 Å². The van der Waals surface area contributed by atoms with Gasteiger partial charge in [0, 0.05) is 25.1 Å². The Morgan fingerprint density at radius 2 is 2.14 bits per heavy atom. The molecule has 0 saturated carbocycles. The number of carbonyl (C=O) groups excluding carboxylic acids is 2. The average molecular weight is 291 g/mol. The predicted octanol–water partition coefficient (Wildman–Crippen LogP) is 2.24. The largest absolute Gasteiger partial charge is 0.496 e. The summed E-state index contributed by atoms with van der Waals surface area (Å²) in [5, 5.41) is 0. The fourth-order valence-electron chi connectivity index (χ4n) is 2.58. The Hall–Kier alpha value is -2.04. The number of piperidine rings is 1. The first-order chi connectivity index (χ1) is 10.0. The molecule has 1 atom stereocenters. The molecule has 1 unspecified atom stereocenters. The molecule has 5 nitrogen and oxygen atoms in total. The molecule has 1 aromatic rings. The zero-order valence-corrected chi connectivity index (χ0v) is 12.7. The van der Waals surface area contributed by atoms with Gasteiger partial charge in [-0.3, -0.25) is 4.79 Å². The van der Waals surface area contributed by atoms with Crippen LogP contribution in [0.3, 0.4) is 0 Å². The number of rotatable bonds is 4. The Kier molecular flexibility index (Phi) is 4.83. The Morgan fingerprint density at radius 1 is 1.38 bits per heavy atom. The van der Waals surface area contributed by atoms with Crippen LogP contribution >= 0.6 is 0 Å². The summed E-state index contributed by atoms with van der Waals surface area (Å²) in [6.07, 6.45) is 1.55. The SMILES string of the molecule is COC(=O)c1ccc(CN2CC(C)CCC2=O)c(OC)c1. The molecular weight excluding hydrogens is 270 g/mol. The van der Waals surface area contributed by atoms with E-state index in [4.69, 9.17) is 9.47 Å². The first-order valence-electron chi connectivity index (χ1n) is 7.08. The second-order valence-corrected chi connectivity index (χ2v) is 5.44. The molecule has 0 spiro atoms. The van der Waals surface area contributed by atoms with E-state index in [2.05, 4.69) is 6.92 Å². The minimum atomic E-state index is -0.400. The second kappa shape index (κ2) is 6.61. The third-order valence-corrected chi connectivity index (χ3v) is 3.81. The molecule has 0 bridgehead atoms. The van der Waals surface area contributed by atoms with Crippen molar-refractivity contribution in [2.45, 2.75) is 26.3 Å². The van der Waals surface area contributed by atoms with Gasteiger partial charge in [0.2, 0.25) is 5.91 Å². The molecule has 1 aliphatic heterocycles. The van der Waals surface area contributed by atoms with Gasteiger partial charge in [0.15, 0.2) is 0 Å². The van der Waals surface area contributed by atoms with E-state index in [1.807, 2.05) is 11.0 Å². The lowest BCUT2D eigenvalue weighted by atomic mass is 9.99. The van der Waals surface area contributed by atoms with Gasteiger partial charge in [0.25, 0.3) is 0 Å². The van der Waals surface area contributed by atoms with Crippen LogP contribution in [0.15, 0.2) is 18.2 Å². The van der Waals surface area contributed by atoms with Crippen molar-refractivity contribution in [2.75, 3.05) is 20.8 Å². The molecule has 0 aromatic heterocycles. The molecule has 5 heteroatoms. The summed E-state index contributed by atoms with van der Waals surface area (Å²) in [4.78, 5) is 25.4. The lowest BCUT2D eigenvalue weighted by Gasteiger charge is -2.31. The van der Waals surface area contributed by atoms with Gasteiger partial charge in [-0.15, -0.1) is 0 Å². The van der Waals surface area contributed by atoms with Crippen LogP contribution in [0, 0.1) is 5.92 Å². The standard InChI is InChI=1S/C16H21NO4/c1-11-4-7-15(18)17(9-11)10-13-6-5-12(16(19)21-3)8-14(13)20-2/h5-6,8,11H,4,7,9-10H2,1-3H3. The first-order valence-corrected chi connectivity index (χ1v) is 7.08. The highest BCUT2D eigenvalue weighted by atomic mass is 16.5. The minimum absolute atomic E-state index is 0.173. The van der Waals surface area contributed by atoms with Gasteiger partial charge in [-0.25, -0.2) is 4.79 Å². The zero-order chi connectivity index (χ0) is 15.4. The van der Waals surface area contributed by atoms with Crippen LogP contribution in [0.2, 0.25) is 0 Å². The lowest BCUT2D eigenvalue weighted by molar-refractivity contribution is -0.135. The normalized spacial score (nSPS) is 18.5. The minimum Gasteiger partial charge on any atom is -0.496 e. The van der Waals surface area contributed by atoms with Gasteiger partial charge in [-0.2, -0.15) is 0 Å². The van der Waals surface area contributed by atoms with E-state index in [0.717, 1.165) is 18.5 Å². The monoisotopic (exact) mass is 291 g/mol. The van der Waals surface area contributed by atoms with Gasteiger partial charge in [0.05, 0.1) is 19.8 Å². The maximum absolute atomic E-state index is 12.0. The van der Waals surface area contributed by atoms with Gasteiger partial charge in [-0.1, -0.05) is 13.0 Å². The third-order valence-electron chi connectivity index (χ3n) is 3.81. The lowest BCUT2D eigenvalue weighted by Crippen LogP contribution is -2.38. The molecule has 1 saturated heterocycles. The topological polar surface area (TPSA) is 55.8 Å². The van der Waals surface area contributed by atoms with Crippen molar-refractivity contribution < 1.29 is 19.1 Å². The Balaban J connectivity index is 2.19. The fraction of sp³-hybridized carbons (Fsp3) is 0.500. The molecule has 114 valence electrons. The van der Waals surface area contributed by atoms with Crippen LogP contribution in [0.1, 0.15) is 35.7 Å². The van der Waals surface area contributed by atoms with Crippen molar-refractivity contribution in [3.05, 3.63) is 29.3 Å². The van der Waals surface area contributed by atoms with Crippen LogP contribution in [0.25, 0.3) is 0 Å². The molecule has 0 N–H and O–H groups in total. The van der Waals surface area contributed by atoms with Crippen molar-refractivity contribution >= 4 is 11.9 Å². The summed E-state index contributed by atoms with van der Waals surface area (Å²) in [5.74, 6) is 0.890. The summed E-state index contributed by atoms with van der Waals surface area (Å²) in [5.41, 5.74) is 1.34. The fourth-order valence-corrected chi connectivity index (χ4v) is 2.58. The second-order valence-electron chi connectivity index (χ2n) is 5.44. The van der Waals surface area contributed by atoms with Gasteiger partial charge in [0.1, 0.15) is 5.75 Å². The Bertz CT molecular complexity index is 541. The summed E-state index contributed by atoms with van der Waals surface area (Å²) in [6, 6.07) is 5.16. The first kappa shape index (κ1) is 15.4. The molecular formula is C16H21NO4. The van der Waals surface area contributed by atoms with Crippen molar-refractivity contribution in [3.63, 3.8) is 0 Å². The quantitative estimate of drug-likeness (QED) is 0.798. The number of carbonyl (C=O) groups is 2.